The standard InChI is InChI=1S/C16H27NO2/c1-12(2)6-5-7-14(17)10-13-8-9-15(18-3)16(11-13)19-4/h8-9,11-12,14H,5-7,10,17H2,1-4H3. The topological polar surface area (TPSA) is 44.5 Å². The Kier molecular flexibility index (Phi) is 6.71. The Morgan fingerprint density at radius 3 is 2.32 bits per heavy atom. The van der Waals surface area contributed by atoms with Gasteiger partial charge in [0.2, 0.25) is 0 Å². The number of benzene rings is 1. The van der Waals surface area contributed by atoms with Crippen LogP contribution in [-0.2, 0) is 6.42 Å². The molecule has 0 aliphatic heterocycles. The maximum Gasteiger partial charge on any atom is 0.160 e. The molecule has 1 aromatic rings. The zero-order chi connectivity index (χ0) is 14.3. The van der Waals surface area contributed by atoms with Gasteiger partial charge in [-0.25, -0.2) is 0 Å². The van der Waals surface area contributed by atoms with Crippen LogP contribution in [0.15, 0.2) is 18.2 Å². The van der Waals surface area contributed by atoms with Crippen LogP contribution in [0.25, 0.3) is 0 Å². The van der Waals surface area contributed by atoms with Crippen LogP contribution >= 0.6 is 0 Å². The smallest absolute Gasteiger partial charge is 0.160 e. The summed E-state index contributed by atoms with van der Waals surface area (Å²) in [5, 5.41) is 0. The summed E-state index contributed by atoms with van der Waals surface area (Å²) in [6, 6.07) is 6.23. The number of ether oxygens (including phenoxy) is 2. The number of hydrogen-bond donors (Lipinski definition) is 1. The van der Waals surface area contributed by atoms with E-state index >= 15 is 0 Å². The van der Waals surface area contributed by atoms with E-state index in [-0.39, 0.29) is 6.04 Å². The number of rotatable bonds is 8. The molecule has 1 atom stereocenters. The minimum atomic E-state index is 0.219. The van der Waals surface area contributed by atoms with Crippen molar-refractivity contribution in [1.29, 1.82) is 0 Å². The molecule has 1 aromatic carbocycles. The summed E-state index contributed by atoms with van der Waals surface area (Å²) in [4.78, 5) is 0. The fraction of sp³-hybridized carbons (Fsp3) is 0.625. The van der Waals surface area contributed by atoms with E-state index in [2.05, 4.69) is 19.9 Å². The van der Waals surface area contributed by atoms with Gasteiger partial charge in [0, 0.05) is 6.04 Å². The van der Waals surface area contributed by atoms with E-state index in [9.17, 15) is 0 Å². The van der Waals surface area contributed by atoms with Crippen molar-refractivity contribution in [3.63, 3.8) is 0 Å². The average molecular weight is 265 g/mol. The second-order valence-corrected chi connectivity index (χ2v) is 5.48. The highest BCUT2D eigenvalue weighted by Gasteiger charge is 2.08. The lowest BCUT2D eigenvalue weighted by Crippen LogP contribution is -2.22. The van der Waals surface area contributed by atoms with Crippen molar-refractivity contribution in [3.8, 4) is 11.5 Å². The fourth-order valence-electron chi connectivity index (χ4n) is 2.20. The van der Waals surface area contributed by atoms with E-state index in [1.165, 1.54) is 18.4 Å². The third-order valence-electron chi connectivity index (χ3n) is 3.30. The van der Waals surface area contributed by atoms with Gasteiger partial charge in [0.1, 0.15) is 0 Å². The molecule has 0 amide bonds. The van der Waals surface area contributed by atoms with Crippen molar-refractivity contribution in [2.45, 2.75) is 45.6 Å². The van der Waals surface area contributed by atoms with Crippen LogP contribution in [0.2, 0.25) is 0 Å². The number of nitrogens with two attached hydrogens (primary N) is 1. The van der Waals surface area contributed by atoms with Gasteiger partial charge in [0.05, 0.1) is 14.2 Å². The molecular weight excluding hydrogens is 238 g/mol. The van der Waals surface area contributed by atoms with Crippen LogP contribution < -0.4 is 15.2 Å². The van der Waals surface area contributed by atoms with Crippen molar-refractivity contribution < 1.29 is 9.47 Å². The predicted molar refractivity (Wildman–Crippen MR) is 79.9 cm³/mol. The molecule has 2 N–H and O–H groups in total. The molecular formula is C16H27NO2. The Morgan fingerprint density at radius 2 is 1.74 bits per heavy atom. The summed E-state index contributed by atoms with van der Waals surface area (Å²) < 4.78 is 10.5. The minimum Gasteiger partial charge on any atom is -0.493 e. The normalized spacial score (nSPS) is 12.5. The van der Waals surface area contributed by atoms with E-state index in [0.29, 0.717) is 0 Å². The molecule has 0 aliphatic carbocycles. The first-order valence-corrected chi connectivity index (χ1v) is 7.03. The fourth-order valence-corrected chi connectivity index (χ4v) is 2.20. The average Bonchev–Trinajstić information content (AvgIpc) is 2.38. The third kappa shape index (κ3) is 5.52. The van der Waals surface area contributed by atoms with Crippen molar-refractivity contribution in [1.82, 2.24) is 0 Å². The molecule has 0 aromatic heterocycles. The molecule has 0 radical (unpaired) electrons. The SMILES string of the molecule is COc1ccc(CC(N)CCCC(C)C)cc1OC. The van der Waals surface area contributed by atoms with Gasteiger partial charge in [-0.15, -0.1) is 0 Å². The van der Waals surface area contributed by atoms with Crippen molar-refractivity contribution in [2.75, 3.05) is 14.2 Å². The lowest BCUT2D eigenvalue weighted by molar-refractivity contribution is 0.354. The molecule has 108 valence electrons. The number of methoxy groups -OCH3 is 2. The van der Waals surface area contributed by atoms with Crippen molar-refractivity contribution >= 4 is 0 Å². The Bertz CT molecular complexity index is 377. The highest BCUT2D eigenvalue weighted by Crippen LogP contribution is 2.28. The highest BCUT2D eigenvalue weighted by atomic mass is 16.5. The minimum absolute atomic E-state index is 0.219. The van der Waals surface area contributed by atoms with Crippen LogP contribution in [-0.4, -0.2) is 20.3 Å². The van der Waals surface area contributed by atoms with Crippen LogP contribution in [0.3, 0.4) is 0 Å². The predicted octanol–water partition coefficient (Wildman–Crippen LogP) is 3.40. The first-order valence-electron chi connectivity index (χ1n) is 7.03. The van der Waals surface area contributed by atoms with Gasteiger partial charge in [0.25, 0.3) is 0 Å². The lowest BCUT2D eigenvalue weighted by Gasteiger charge is -2.14. The molecule has 0 saturated carbocycles. The highest BCUT2D eigenvalue weighted by molar-refractivity contribution is 5.43. The Morgan fingerprint density at radius 1 is 1.05 bits per heavy atom. The van der Waals surface area contributed by atoms with Gasteiger partial charge in [-0.1, -0.05) is 32.8 Å². The van der Waals surface area contributed by atoms with Gasteiger partial charge < -0.3 is 15.2 Å². The quantitative estimate of drug-likeness (QED) is 0.783. The van der Waals surface area contributed by atoms with Gasteiger partial charge >= 0.3 is 0 Å². The Hall–Kier alpha value is -1.22. The first-order chi connectivity index (χ1) is 9.06. The van der Waals surface area contributed by atoms with E-state index < -0.39 is 0 Å². The maximum atomic E-state index is 6.18. The molecule has 0 bridgehead atoms. The summed E-state index contributed by atoms with van der Waals surface area (Å²) in [6.45, 7) is 4.50. The van der Waals surface area contributed by atoms with Crippen molar-refractivity contribution in [2.24, 2.45) is 11.7 Å². The van der Waals surface area contributed by atoms with E-state index in [1.54, 1.807) is 14.2 Å². The summed E-state index contributed by atoms with van der Waals surface area (Å²) >= 11 is 0. The van der Waals surface area contributed by atoms with Gasteiger partial charge in [0.15, 0.2) is 11.5 Å². The van der Waals surface area contributed by atoms with Crippen molar-refractivity contribution in [3.05, 3.63) is 23.8 Å². The Balaban J connectivity index is 2.52. The molecule has 19 heavy (non-hydrogen) atoms. The summed E-state index contributed by atoms with van der Waals surface area (Å²) in [7, 11) is 3.30. The molecule has 0 saturated heterocycles. The number of hydrogen-bond acceptors (Lipinski definition) is 3. The summed E-state index contributed by atoms with van der Waals surface area (Å²) in [6.07, 6.45) is 4.41. The molecule has 1 unspecified atom stereocenters. The lowest BCUT2D eigenvalue weighted by atomic mass is 9.98. The van der Waals surface area contributed by atoms with Crippen LogP contribution in [0.5, 0.6) is 11.5 Å². The van der Waals surface area contributed by atoms with Crippen LogP contribution in [0, 0.1) is 5.92 Å². The van der Waals surface area contributed by atoms with Gasteiger partial charge in [-0.2, -0.15) is 0 Å². The first kappa shape index (κ1) is 15.8. The van der Waals surface area contributed by atoms with E-state index in [4.69, 9.17) is 15.2 Å². The molecule has 0 fully saturated rings. The third-order valence-corrected chi connectivity index (χ3v) is 3.30. The zero-order valence-electron chi connectivity index (χ0n) is 12.6. The van der Waals surface area contributed by atoms with Gasteiger partial charge in [-0.05, 0) is 36.5 Å². The molecule has 0 spiro atoms. The largest absolute Gasteiger partial charge is 0.493 e. The molecule has 0 aliphatic rings. The second kappa shape index (κ2) is 8.05. The van der Waals surface area contributed by atoms with E-state index in [0.717, 1.165) is 30.3 Å². The van der Waals surface area contributed by atoms with Crippen LogP contribution in [0.4, 0.5) is 0 Å². The molecule has 3 heteroatoms. The van der Waals surface area contributed by atoms with Gasteiger partial charge in [-0.3, -0.25) is 0 Å². The van der Waals surface area contributed by atoms with E-state index in [1.807, 2.05) is 12.1 Å². The van der Waals surface area contributed by atoms with Crippen LogP contribution in [0.1, 0.15) is 38.7 Å². The zero-order valence-corrected chi connectivity index (χ0v) is 12.6. The molecule has 0 heterocycles. The monoisotopic (exact) mass is 265 g/mol. The maximum absolute atomic E-state index is 6.18. The summed E-state index contributed by atoms with van der Waals surface area (Å²) in [5.41, 5.74) is 7.39. The second-order valence-electron chi connectivity index (χ2n) is 5.48. The Labute approximate surface area is 117 Å². The molecule has 3 nitrogen and oxygen atoms in total. The summed E-state index contributed by atoms with van der Waals surface area (Å²) in [5.74, 6) is 2.29. The molecule has 1 rings (SSSR count).